The number of nitrogens with zero attached hydrogens (tertiary/aromatic N) is 2. The lowest BCUT2D eigenvalue weighted by molar-refractivity contribution is 0.0528. The van der Waals surface area contributed by atoms with Crippen LogP contribution in [0.25, 0.3) is 16.7 Å². The number of esters is 1. The molecule has 35 heavy (non-hydrogen) atoms. The molecule has 6 heteroatoms. The van der Waals surface area contributed by atoms with Gasteiger partial charge in [0.2, 0.25) is 5.78 Å². The summed E-state index contributed by atoms with van der Waals surface area (Å²) >= 11 is 0. The summed E-state index contributed by atoms with van der Waals surface area (Å²) in [5, 5.41) is 0. The van der Waals surface area contributed by atoms with Gasteiger partial charge in [-0.3, -0.25) is 9.20 Å². The summed E-state index contributed by atoms with van der Waals surface area (Å²) in [5.41, 5.74) is 6.56. The highest BCUT2D eigenvalue weighted by molar-refractivity contribution is 6.12. The zero-order chi connectivity index (χ0) is 24.7. The van der Waals surface area contributed by atoms with Gasteiger partial charge in [-0.05, 0) is 79.9 Å². The van der Waals surface area contributed by atoms with Crippen LogP contribution in [0.1, 0.15) is 50.0 Å². The molecule has 0 saturated carbocycles. The summed E-state index contributed by atoms with van der Waals surface area (Å²) in [4.78, 5) is 26.7. The van der Waals surface area contributed by atoms with E-state index in [9.17, 15) is 14.0 Å². The summed E-state index contributed by atoms with van der Waals surface area (Å²) in [6, 6.07) is 21.1. The van der Waals surface area contributed by atoms with Crippen molar-refractivity contribution >= 4 is 28.4 Å². The van der Waals surface area contributed by atoms with Gasteiger partial charge in [0.25, 0.3) is 0 Å². The standard InChI is InChI=1S/C29H25FN2O3/c1-4-35-29(34)23-16-26(27(33)21-10-12-22(30)13-11-21)32-25-15-19(3)18(2)14-24(25)31(28(23)32)17-20-8-6-5-7-9-20/h5-16H,4,17H2,1-3H3. The number of imidazole rings is 1. The third-order valence-corrected chi connectivity index (χ3v) is 6.37. The van der Waals surface area contributed by atoms with E-state index in [-0.39, 0.29) is 12.4 Å². The molecule has 0 aliphatic heterocycles. The number of carbonyl (C=O) groups excluding carboxylic acids is 2. The topological polar surface area (TPSA) is 52.7 Å². The van der Waals surface area contributed by atoms with Crippen LogP contribution in [0.15, 0.2) is 72.8 Å². The van der Waals surface area contributed by atoms with Gasteiger partial charge in [-0.15, -0.1) is 0 Å². The smallest absolute Gasteiger partial charge is 0.341 e. The van der Waals surface area contributed by atoms with Crippen LogP contribution in [0, 0.1) is 19.7 Å². The average molecular weight is 469 g/mol. The van der Waals surface area contributed by atoms with Crippen LogP contribution in [0.3, 0.4) is 0 Å². The molecule has 5 rings (SSSR count). The molecule has 0 radical (unpaired) electrons. The first-order chi connectivity index (χ1) is 16.9. The molecule has 2 heterocycles. The van der Waals surface area contributed by atoms with Gasteiger partial charge in [-0.2, -0.15) is 0 Å². The maximum absolute atomic E-state index is 13.6. The second-order valence-electron chi connectivity index (χ2n) is 8.66. The molecule has 2 aromatic heterocycles. The molecule has 176 valence electrons. The number of benzene rings is 3. The molecule has 0 bridgehead atoms. The molecule has 0 aliphatic rings. The predicted octanol–water partition coefficient (Wildman–Crippen LogP) is 6.11. The van der Waals surface area contributed by atoms with Crippen molar-refractivity contribution in [3.05, 3.63) is 112 Å². The van der Waals surface area contributed by atoms with E-state index in [4.69, 9.17) is 4.74 Å². The Hall–Kier alpha value is -4.19. The van der Waals surface area contributed by atoms with Gasteiger partial charge in [0.05, 0.1) is 23.3 Å². The van der Waals surface area contributed by atoms with Crippen molar-refractivity contribution in [3.63, 3.8) is 0 Å². The lowest BCUT2D eigenvalue weighted by Crippen LogP contribution is -2.07. The summed E-state index contributed by atoms with van der Waals surface area (Å²) < 4.78 is 22.8. The monoisotopic (exact) mass is 468 g/mol. The first-order valence-electron chi connectivity index (χ1n) is 11.5. The maximum Gasteiger partial charge on any atom is 0.341 e. The van der Waals surface area contributed by atoms with Crippen LogP contribution < -0.4 is 0 Å². The zero-order valence-corrected chi connectivity index (χ0v) is 19.8. The van der Waals surface area contributed by atoms with Gasteiger partial charge in [0, 0.05) is 12.1 Å². The Morgan fingerprint density at radius 2 is 1.54 bits per heavy atom. The van der Waals surface area contributed by atoms with Crippen LogP contribution in [0.5, 0.6) is 0 Å². The second-order valence-corrected chi connectivity index (χ2v) is 8.66. The number of aromatic nitrogens is 2. The van der Waals surface area contributed by atoms with Crippen molar-refractivity contribution in [1.82, 2.24) is 8.97 Å². The summed E-state index contributed by atoms with van der Waals surface area (Å²) in [6.45, 7) is 6.54. The minimum Gasteiger partial charge on any atom is -0.462 e. The Kier molecular flexibility index (Phi) is 5.73. The van der Waals surface area contributed by atoms with Gasteiger partial charge in [0.15, 0.2) is 0 Å². The molecule has 5 nitrogen and oxygen atoms in total. The predicted molar refractivity (Wildman–Crippen MR) is 134 cm³/mol. The zero-order valence-electron chi connectivity index (χ0n) is 19.8. The SMILES string of the molecule is CCOC(=O)c1cc(C(=O)c2ccc(F)cc2)n2c3cc(C)c(C)cc3n(Cc3ccccc3)c12. The molecule has 0 atom stereocenters. The molecular weight excluding hydrogens is 443 g/mol. The molecule has 0 amide bonds. The highest BCUT2D eigenvalue weighted by Gasteiger charge is 2.27. The van der Waals surface area contributed by atoms with Crippen LogP contribution >= 0.6 is 0 Å². The molecular formula is C29H25FN2O3. The van der Waals surface area contributed by atoms with Crippen LogP contribution in [-0.4, -0.2) is 27.3 Å². The van der Waals surface area contributed by atoms with Gasteiger partial charge in [0.1, 0.15) is 17.0 Å². The van der Waals surface area contributed by atoms with Gasteiger partial charge >= 0.3 is 5.97 Å². The first-order valence-corrected chi connectivity index (χ1v) is 11.5. The molecule has 0 spiro atoms. The number of hydrogen-bond donors (Lipinski definition) is 0. The highest BCUT2D eigenvalue weighted by atomic mass is 19.1. The Balaban J connectivity index is 1.85. The first kappa shape index (κ1) is 22.6. The quantitative estimate of drug-likeness (QED) is 0.223. The number of rotatable bonds is 6. The number of ether oxygens (including phenoxy) is 1. The summed E-state index contributed by atoms with van der Waals surface area (Å²) in [5.74, 6) is -1.21. The minimum absolute atomic E-state index is 0.217. The van der Waals surface area contributed by atoms with Gasteiger partial charge in [-0.25, -0.2) is 9.18 Å². The number of ketones is 1. The maximum atomic E-state index is 13.6. The van der Waals surface area contributed by atoms with E-state index in [1.165, 1.54) is 24.3 Å². The lowest BCUT2D eigenvalue weighted by atomic mass is 10.1. The van der Waals surface area contributed by atoms with E-state index in [0.29, 0.717) is 29.0 Å². The fourth-order valence-electron chi connectivity index (χ4n) is 4.51. The fourth-order valence-corrected chi connectivity index (χ4v) is 4.51. The molecule has 0 N–H and O–H groups in total. The normalized spacial score (nSPS) is 11.3. The molecule has 0 aliphatic carbocycles. The van der Waals surface area contributed by atoms with Gasteiger partial charge in [-0.1, -0.05) is 30.3 Å². The van der Waals surface area contributed by atoms with Crippen molar-refractivity contribution < 1.29 is 18.7 Å². The molecule has 0 unspecified atom stereocenters. The average Bonchev–Trinajstić information content (AvgIpc) is 3.37. The molecule has 0 saturated heterocycles. The van der Waals surface area contributed by atoms with E-state index < -0.39 is 11.8 Å². The number of aryl methyl sites for hydroxylation is 2. The van der Waals surface area contributed by atoms with Crippen molar-refractivity contribution in [1.29, 1.82) is 0 Å². The lowest BCUT2D eigenvalue weighted by Gasteiger charge is -2.09. The Bertz CT molecular complexity index is 1580. The minimum atomic E-state index is -0.492. The molecule has 5 aromatic rings. The number of halogens is 1. The third kappa shape index (κ3) is 3.91. The largest absolute Gasteiger partial charge is 0.462 e. The van der Waals surface area contributed by atoms with E-state index in [1.807, 2.05) is 54.6 Å². The van der Waals surface area contributed by atoms with Crippen LogP contribution in [-0.2, 0) is 11.3 Å². The van der Waals surface area contributed by atoms with Crippen LogP contribution in [0.2, 0.25) is 0 Å². The number of carbonyl (C=O) groups is 2. The molecule has 0 fully saturated rings. The summed E-state index contributed by atoms with van der Waals surface area (Å²) in [6.07, 6.45) is 0. The van der Waals surface area contributed by atoms with Crippen molar-refractivity contribution in [2.75, 3.05) is 6.61 Å². The second kappa shape index (κ2) is 8.87. The fraction of sp³-hybridized carbons (Fsp3) is 0.172. The Labute approximate surface area is 202 Å². The highest BCUT2D eigenvalue weighted by Crippen LogP contribution is 2.32. The molecule has 3 aromatic carbocycles. The van der Waals surface area contributed by atoms with Crippen molar-refractivity contribution in [2.24, 2.45) is 0 Å². The van der Waals surface area contributed by atoms with E-state index in [2.05, 4.69) is 10.6 Å². The Morgan fingerprint density at radius 3 is 2.20 bits per heavy atom. The van der Waals surface area contributed by atoms with E-state index >= 15 is 0 Å². The number of fused-ring (bicyclic) bond motifs is 3. The van der Waals surface area contributed by atoms with E-state index in [0.717, 1.165) is 27.7 Å². The summed E-state index contributed by atoms with van der Waals surface area (Å²) in [7, 11) is 0. The van der Waals surface area contributed by atoms with Crippen LogP contribution in [0.4, 0.5) is 4.39 Å². The number of hydrogen-bond acceptors (Lipinski definition) is 3. The van der Waals surface area contributed by atoms with Crippen molar-refractivity contribution in [3.8, 4) is 0 Å². The van der Waals surface area contributed by atoms with Gasteiger partial charge < -0.3 is 9.30 Å². The third-order valence-electron chi connectivity index (χ3n) is 6.37. The van der Waals surface area contributed by atoms with E-state index in [1.54, 1.807) is 13.0 Å². The Morgan fingerprint density at radius 1 is 0.886 bits per heavy atom. The van der Waals surface area contributed by atoms with Crippen molar-refractivity contribution in [2.45, 2.75) is 27.3 Å².